The quantitative estimate of drug-likeness (QED) is 0.735. The van der Waals surface area contributed by atoms with Crippen LogP contribution in [0.3, 0.4) is 0 Å². The maximum Gasteiger partial charge on any atom is 0.341 e. The van der Waals surface area contributed by atoms with E-state index in [9.17, 15) is 14.4 Å². The van der Waals surface area contributed by atoms with Crippen molar-refractivity contribution in [2.75, 3.05) is 0 Å². The van der Waals surface area contributed by atoms with Gasteiger partial charge >= 0.3 is 5.97 Å². The minimum absolute atomic E-state index is 0.104. The van der Waals surface area contributed by atoms with E-state index < -0.39 is 11.5 Å². The van der Waals surface area contributed by atoms with E-state index in [1.165, 1.54) is 6.07 Å². The van der Waals surface area contributed by atoms with Gasteiger partial charge < -0.3 is 10.1 Å². The number of hydrogen-bond donors (Lipinski definition) is 2. The summed E-state index contributed by atoms with van der Waals surface area (Å²) in [5, 5.41) is 8.77. The number of rotatable bonds is 1. The van der Waals surface area contributed by atoms with Crippen LogP contribution in [-0.2, 0) is 6.42 Å². The number of Topliss-reactive ketones (excluding diaryl/α,β-unsaturated/α-hetero) is 1. The van der Waals surface area contributed by atoms with E-state index >= 15 is 0 Å². The molecule has 1 aromatic heterocycles. The van der Waals surface area contributed by atoms with Gasteiger partial charge in [0.2, 0.25) is 0 Å². The molecule has 0 aromatic carbocycles. The molecule has 0 bridgehead atoms. The van der Waals surface area contributed by atoms with E-state index in [2.05, 4.69) is 4.98 Å². The molecule has 2 rings (SSSR count). The van der Waals surface area contributed by atoms with Crippen molar-refractivity contribution in [3.05, 3.63) is 33.2 Å². The Balaban J connectivity index is 2.62. The molecular formula is C11H11NO4. The average molecular weight is 221 g/mol. The van der Waals surface area contributed by atoms with Crippen LogP contribution in [0.15, 0.2) is 10.9 Å². The van der Waals surface area contributed by atoms with Crippen LogP contribution in [0.25, 0.3) is 0 Å². The summed E-state index contributed by atoms with van der Waals surface area (Å²) in [5.41, 5.74) is -0.122. The maximum absolute atomic E-state index is 11.7. The fourth-order valence-electron chi connectivity index (χ4n) is 1.98. The predicted molar refractivity (Wildman–Crippen MR) is 55.8 cm³/mol. The fourth-order valence-corrected chi connectivity index (χ4v) is 1.98. The third kappa shape index (κ3) is 1.64. The Bertz CT molecular complexity index is 529. The van der Waals surface area contributed by atoms with Crippen molar-refractivity contribution in [1.82, 2.24) is 4.98 Å². The first-order valence-corrected chi connectivity index (χ1v) is 5.01. The lowest BCUT2D eigenvalue weighted by molar-refractivity contribution is 0.0695. The number of aromatic amines is 1. The topological polar surface area (TPSA) is 87.2 Å². The van der Waals surface area contributed by atoms with Gasteiger partial charge in [-0.1, -0.05) is 6.92 Å². The first-order chi connectivity index (χ1) is 7.49. The van der Waals surface area contributed by atoms with E-state index in [4.69, 9.17) is 5.11 Å². The molecule has 0 fully saturated rings. The van der Waals surface area contributed by atoms with Crippen molar-refractivity contribution in [3.63, 3.8) is 0 Å². The van der Waals surface area contributed by atoms with Crippen molar-refractivity contribution < 1.29 is 14.7 Å². The van der Waals surface area contributed by atoms with Crippen molar-refractivity contribution in [3.8, 4) is 0 Å². The largest absolute Gasteiger partial charge is 0.477 e. The van der Waals surface area contributed by atoms with Crippen molar-refractivity contribution in [2.24, 2.45) is 5.92 Å². The van der Waals surface area contributed by atoms with Gasteiger partial charge in [-0.3, -0.25) is 9.59 Å². The molecule has 5 heteroatoms. The zero-order valence-electron chi connectivity index (χ0n) is 8.74. The van der Waals surface area contributed by atoms with Gasteiger partial charge in [0.1, 0.15) is 5.56 Å². The molecule has 1 heterocycles. The fraction of sp³-hybridized carbons (Fsp3) is 0.364. The van der Waals surface area contributed by atoms with Gasteiger partial charge in [0.05, 0.1) is 0 Å². The average Bonchev–Trinajstić information content (AvgIpc) is 2.15. The molecule has 0 unspecified atom stereocenters. The smallest absolute Gasteiger partial charge is 0.341 e. The monoisotopic (exact) mass is 221 g/mol. The van der Waals surface area contributed by atoms with Gasteiger partial charge in [-0.05, 0) is 18.4 Å². The van der Waals surface area contributed by atoms with Gasteiger partial charge in [-0.2, -0.15) is 0 Å². The number of pyridine rings is 1. The molecule has 0 saturated heterocycles. The van der Waals surface area contributed by atoms with E-state index in [1.807, 2.05) is 6.92 Å². The first-order valence-electron chi connectivity index (χ1n) is 5.01. The molecule has 0 amide bonds. The summed E-state index contributed by atoms with van der Waals surface area (Å²) in [6, 6.07) is 1.19. The van der Waals surface area contributed by atoms with Gasteiger partial charge in [-0.15, -0.1) is 0 Å². The van der Waals surface area contributed by atoms with Crippen LogP contribution >= 0.6 is 0 Å². The van der Waals surface area contributed by atoms with Gasteiger partial charge in [0.15, 0.2) is 5.78 Å². The second kappa shape index (κ2) is 3.59. The number of hydrogen-bond acceptors (Lipinski definition) is 3. The minimum Gasteiger partial charge on any atom is -0.477 e. The summed E-state index contributed by atoms with van der Waals surface area (Å²) in [5.74, 6) is -1.23. The second-order valence-corrected chi connectivity index (χ2v) is 4.15. The highest BCUT2D eigenvalue weighted by Crippen LogP contribution is 2.23. The lowest BCUT2D eigenvalue weighted by Gasteiger charge is -2.19. The Hall–Kier alpha value is -1.91. The summed E-state index contributed by atoms with van der Waals surface area (Å²) < 4.78 is 0. The van der Waals surface area contributed by atoms with Crippen molar-refractivity contribution in [2.45, 2.75) is 19.8 Å². The number of carboxylic acids is 1. The second-order valence-electron chi connectivity index (χ2n) is 4.15. The number of carboxylic acid groups (broad SMARTS) is 1. The molecule has 1 aliphatic carbocycles. The van der Waals surface area contributed by atoms with E-state index in [0.29, 0.717) is 24.1 Å². The lowest BCUT2D eigenvalue weighted by atomic mass is 9.86. The molecule has 2 N–H and O–H groups in total. The van der Waals surface area contributed by atoms with Gasteiger partial charge in [0.25, 0.3) is 5.56 Å². The number of fused-ring (bicyclic) bond motifs is 1. The highest BCUT2D eigenvalue weighted by molar-refractivity contribution is 6.00. The minimum atomic E-state index is -1.31. The Labute approximate surface area is 91.1 Å². The number of aromatic carboxylic acids is 1. The zero-order chi connectivity index (χ0) is 11.9. The molecule has 84 valence electrons. The molecule has 1 aliphatic rings. The lowest BCUT2D eigenvalue weighted by Crippen LogP contribution is -2.27. The van der Waals surface area contributed by atoms with Crippen LogP contribution in [0.4, 0.5) is 0 Å². The number of H-pyrrole nitrogens is 1. The molecule has 0 saturated carbocycles. The normalized spacial score (nSPS) is 19.3. The van der Waals surface area contributed by atoms with Crippen molar-refractivity contribution >= 4 is 11.8 Å². The van der Waals surface area contributed by atoms with E-state index in [0.717, 1.165) is 0 Å². The molecule has 5 nitrogen and oxygen atoms in total. The molecule has 0 aliphatic heterocycles. The summed E-state index contributed by atoms with van der Waals surface area (Å²) in [6.45, 7) is 1.92. The summed E-state index contributed by atoms with van der Waals surface area (Å²) in [4.78, 5) is 36.3. The number of carbonyl (C=O) groups excluding carboxylic acids is 1. The summed E-state index contributed by atoms with van der Waals surface area (Å²) in [7, 11) is 0. The van der Waals surface area contributed by atoms with Crippen LogP contribution in [0.5, 0.6) is 0 Å². The molecule has 1 aromatic rings. The Morgan fingerprint density at radius 1 is 1.44 bits per heavy atom. The number of nitrogens with one attached hydrogen (secondary N) is 1. The highest BCUT2D eigenvalue weighted by atomic mass is 16.4. The summed E-state index contributed by atoms with van der Waals surface area (Å²) >= 11 is 0. The van der Waals surface area contributed by atoms with Crippen molar-refractivity contribution in [1.29, 1.82) is 0 Å². The molecule has 16 heavy (non-hydrogen) atoms. The van der Waals surface area contributed by atoms with E-state index in [-0.39, 0.29) is 17.3 Å². The SMILES string of the molecule is C[C@H]1CC(=O)c2cc(C(=O)O)c(=O)[nH]c2C1. The molecular weight excluding hydrogens is 210 g/mol. The number of aromatic nitrogens is 1. The molecule has 1 atom stereocenters. The number of carbonyl (C=O) groups is 2. The Kier molecular flexibility index (Phi) is 2.38. The molecule has 0 radical (unpaired) electrons. The molecule has 0 spiro atoms. The van der Waals surface area contributed by atoms with Crippen LogP contribution in [-0.4, -0.2) is 21.8 Å². The maximum atomic E-state index is 11.7. The Morgan fingerprint density at radius 3 is 2.75 bits per heavy atom. The Morgan fingerprint density at radius 2 is 2.12 bits per heavy atom. The third-order valence-corrected chi connectivity index (χ3v) is 2.74. The zero-order valence-corrected chi connectivity index (χ0v) is 8.74. The standard InChI is InChI=1S/C11H11NO4/c1-5-2-8-6(9(13)3-5)4-7(11(15)16)10(14)12-8/h4-5H,2-3H2,1H3,(H,12,14)(H,15,16)/t5-/m1/s1. The first kappa shape index (κ1) is 10.6. The van der Waals surface area contributed by atoms with Gasteiger partial charge in [-0.25, -0.2) is 4.79 Å². The van der Waals surface area contributed by atoms with E-state index in [1.54, 1.807) is 0 Å². The number of ketones is 1. The third-order valence-electron chi connectivity index (χ3n) is 2.74. The van der Waals surface area contributed by atoms with Crippen LogP contribution < -0.4 is 5.56 Å². The van der Waals surface area contributed by atoms with Crippen LogP contribution in [0.2, 0.25) is 0 Å². The highest BCUT2D eigenvalue weighted by Gasteiger charge is 2.25. The van der Waals surface area contributed by atoms with Crippen LogP contribution in [0.1, 0.15) is 39.8 Å². The predicted octanol–water partition coefficient (Wildman–Crippen LogP) is 0.838. The summed E-state index contributed by atoms with van der Waals surface area (Å²) in [6.07, 6.45) is 1.01. The van der Waals surface area contributed by atoms with Gasteiger partial charge in [0, 0.05) is 17.7 Å². The van der Waals surface area contributed by atoms with Crippen LogP contribution in [0, 0.1) is 5.92 Å².